The Kier molecular flexibility index (Phi) is 73.1. The Morgan fingerprint density at radius 2 is 0.606 bits per heavy atom. The number of nitrogens with zero attached hydrogens (tertiary/aromatic N) is 1. The van der Waals surface area contributed by atoms with Gasteiger partial charge in [0.15, 0.2) is 6.10 Å². The fourth-order valence-electron chi connectivity index (χ4n) is 12.3. The largest absolute Gasteiger partial charge is 0.472 e. The van der Waals surface area contributed by atoms with Gasteiger partial charge in [-0.1, -0.05) is 402 Å². The molecule has 0 bridgehead atoms. The van der Waals surface area contributed by atoms with E-state index in [0.717, 1.165) is 64.2 Å². The van der Waals surface area contributed by atoms with Crippen LogP contribution in [0.5, 0.6) is 0 Å². The van der Waals surface area contributed by atoms with Gasteiger partial charge < -0.3 is 18.9 Å². The molecule has 0 aliphatic carbocycles. The van der Waals surface area contributed by atoms with E-state index in [1.165, 1.54) is 315 Å². The standard InChI is InChI=1S/C84H158NO8P/c1-6-8-10-12-14-16-18-20-22-24-26-28-30-32-34-36-38-39-40-41-42-43-44-45-47-49-51-53-55-57-59-61-63-65-67-69-71-73-75-77-84(87)93-82(81-92-94(88,89)91-79-78-85(3,4)5)80-90-83(86)76-74-72-70-68-66-64-62-60-58-56-54-52-50-48-46-37-35-33-31-29-27-25-23-21-19-17-15-13-11-9-7-2/h8,10,14,16,20,22,26,28,32,34,82H,6-7,9,11-13,15,17-19,21,23-25,27,29-31,33,35-81H2,1-5H3/p+1/b10-8-,16-14-,22-20-,28-26-,34-32-. The summed E-state index contributed by atoms with van der Waals surface area (Å²) in [6.07, 6.45) is 101. The van der Waals surface area contributed by atoms with Crippen molar-refractivity contribution in [1.29, 1.82) is 0 Å². The number of phosphoric acid groups is 1. The highest BCUT2D eigenvalue weighted by Gasteiger charge is 2.27. The summed E-state index contributed by atoms with van der Waals surface area (Å²) >= 11 is 0. The summed E-state index contributed by atoms with van der Waals surface area (Å²) in [4.78, 5) is 36.0. The zero-order chi connectivity index (χ0) is 68.3. The molecule has 0 radical (unpaired) electrons. The summed E-state index contributed by atoms with van der Waals surface area (Å²) in [6.45, 7) is 4.40. The summed E-state index contributed by atoms with van der Waals surface area (Å²) in [6, 6.07) is 0. The number of likely N-dealkylation sites (N-methyl/N-ethyl adjacent to an activating group) is 1. The zero-order valence-corrected chi connectivity index (χ0v) is 64.1. The van der Waals surface area contributed by atoms with Crippen molar-refractivity contribution >= 4 is 19.8 Å². The molecular weight excluding hydrogens is 1180 g/mol. The molecule has 10 heteroatoms. The van der Waals surface area contributed by atoms with Crippen LogP contribution in [0.1, 0.15) is 412 Å². The number of unbranched alkanes of at least 4 members (excludes halogenated alkanes) is 53. The smallest absolute Gasteiger partial charge is 0.462 e. The monoisotopic (exact) mass is 1340 g/mol. The lowest BCUT2D eigenvalue weighted by Crippen LogP contribution is -2.37. The maximum absolute atomic E-state index is 12.9. The first kappa shape index (κ1) is 91.7. The average Bonchev–Trinajstić information content (AvgIpc) is 1.56. The quantitative estimate of drug-likeness (QED) is 0.0211. The van der Waals surface area contributed by atoms with Crippen molar-refractivity contribution in [1.82, 2.24) is 0 Å². The Balaban J connectivity index is 3.89. The SMILES string of the molecule is CC/C=C\C/C=C\C/C=C\C/C=C\C/C=C\CCCCCCCCCCCCCCCCCCCCCCCCCC(=O)OC(COC(=O)CCCCCCCCCCCCCCCCCCCCCCCCCCCCCCCCC)COP(=O)(O)OCC[N+](C)(C)C. The van der Waals surface area contributed by atoms with Gasteiger partial charge in [-0.2, -0.15) is 0 Å². The van der Waals surface area contributed by atoms with Gasteiger partial charge in [-0.25, -0.2) is 4.57 Å². The van der Waals surface area contributed by atoms with Gasteiger partial charge in [0.2, 0.25) is 0 Å². The summed E-state index contributed by atoms with van der Waals surface area (Å²) in [5.74, 6) is -0.771. The Hall–Kier alpha value is -2.29. The van der Waals surface area contributed by atoms with Crippen molar-refractivity contribution in [3.8, 4) is 0 Å². The molecule has 0 aromatic rings. The van der Waals surface area contributed by atoms with Gasteiger partial charge in [0.25, 0.3) is 0 Å². The van der Waals surface area contributed by atoms with E-state index in [9.17, 15) is 19.0 Å². The topological polar surface area (TPSA) is 108 Å². The fourth-order valence-corrected chi connectivity index (χ4v) is 13.1. The number of ether oxygens (including phenoxy) is 2. The number of quaternary nitrogens is 1. The Labute approximate surface area is 585 Å². The van der Waals surface area contributed by atoms with Gasteiger partial charge >= 0.3 is 19.8 Å². The van der Waals surface area contributed by atoms with E-state index in [-0.39, 0.29) is 25.6 Å². The Bertz CT molecular complexity index is 1770. The fraction of sp³-hybridized carbons (Fsp3) is 0.857. The molecule has 0 spiro atoms. The van der Waals surface area contributed by atoms with Crippen LogP contribution < -0.4 is 0 Å². The predicted octanol–water partition coefficient (Wildman–Crippen LogP) is 27.3. The van der Waals surface area contributed by atoms with Crippen LogP contribution in [-0.2, 0) is 32.7 Å². The molecule has 1 N–H and O–H groups in total. The lowest BCUT2D eigenvalue weighted by molar-refractivity contribution is -0.870. The number of rotatable bonds is 77. The molecule has 552 valence electrons. The van der Waals surface area contributed by atoms with Gasteiger partial charge in [0.05, 0.1) is 27.7 Å². The van der Waals surface area contributed by atoms with E-state index in [1.807, 2.05) is 21.1 Å². The minimum atomic E-state index is -4.39. The molecule has 0 aliphatic heterocycles. The normalized spacial score (nSPS) is 13.3. The van der Waals surface area contributed by atoms with Gasteiger partial charge in [-0.15, -0.1) is 0 Å². The Morgan fingerprint density at radius 3 is 0.904 bits per heavy atom. The molecule has 0 fully saturated rings. The lowest BCUT2D eigenvalue weighted by atomic mass is 10.0. The van der Waals surface area contributed by atoms with Gasteiger partial charge in [0, 0.05) is 12.8 Å². The second-order valence-electron chi connectivity index (χ2n) is 29.1. The molecule has 0 saturated heterocycles. The van der Waals surface area contributed by atoms with Crippen molar-refractivity contribution in [2.24, 2.45) is 0 Å². The molecule has 0 amide bonds. The third kappa shape index (κ3) is 78.7. The molecule has 94 heavy (non-hydrogen) atoms. The number of carbonyl (C=O) groups is 2. The molecule has 9 nitrogen and oxygen atoms in total. The van der Waals surface area contributed by atoms with Crippen molar-refractivity contribution in [3.63, 3.8) is 0 Å². The van der Waals surface area contributed by atoms with E-state index >= 15 is 0 Å². The van der Waals surface area contributed by atoms with E-state index in [0.29, 0.717) is 23.9 Å². The van der Waals surface area contributed by atoms with Crippen molar-refractivity contribution in [2.45, 2.75) is 418 Å². The van der Waals surface area contributed by atoms with Crippen LogP contribution in [-0.4, -0.2) is 74.9 Å². The van der Waals surface area contributed by atoms with E-state index in [4.69, 9.17) is 18.5 Å². The predicted molar refractivity (Wildman–Crippen MR) is 409 cm³/mol. The van der Waals surface area contributed by atoms with Crippen LogP contribution in [0.2, 0.25) is 0 Å². The maximum Gasteiger partial charge on any atom is 0.472 e. The van der Waals surface area contributed by atoms with Crippen molar-refractivity contribution in [2.75, 3.05) is 47.5 Å². The number of esters is 2. The number of phosphoric ester groups is 1. The zero-order valence-electron chi connectivity index (χ0n) is 63.2. The number of allylic oxidation sites excluding steroid dienone is 10. The second-order valence-corrected chi connectivity index (χ2v) is 30.6. The van der Waals surface area contributed by atoms with E-state index in [2.05, 4.69) is 74.6 Å². The minimum Gasteiger partial charge on any atom is -0.462 e. The van der Waals surface area contributed by atoms with Crippen LogP contribution in [0.15, 0.2) is 60.8 Å². The highest BCUT2D eigenvalue weighted by atomic mass is 31.2. The molecule has 2 atom stereocenters. The summed E-state index contributed by atoms with van der Waals surface area (Å²) in [5, 5.41) is 0. The molecule has 0 rings (SSSR count). The van der Waals surface area contributed by atoms with Crippen molar-refractivity contribution < 1.29 is 42.1 Å². The highest BCUT2D eigenvalue weighted by Crippen LogP contribution is 2.43. The summed E-state index contributed by atoms with van der Waals surface area (Å²) in [5.41, 5.74) is 0. The summed E-state index contributed by atoms with van der Waals surface area (Å²) in [7, 11) is 1.50. The average molecular weight is 1340 g/mol. The van der Waals surface area contributed by atoms with Crippen LogP contribution >= 0.6 is 7.82 Å². The molecule has 0 aromatic heterocycles. The molecule has 0 heterocycles. The third-order valence-electron chi connectivity index (χ3n) is 18.6. The molecule has 0 saturated carbocycles. The highest BCUT2D eigenvalue weighted by molar-refractivity contribution is 7.47. The molecule has 0 aliphatic rings. The maximum atomic E-state index is 12.9. The second kappa shape index (κ2) is 74.9. The van der Waals surface area contributed by atoms with Crippen LogP contribution in [0.4, 0.5) is 0 Å². The first-order valence-corrected chi connectivity index (χ1v) is 42.5. The molecule has 2 unspecified atom stereocenters. The van der Waals surface area contributed by atoms with Crippen LogP contribution in [0.25, 0.3) is 0 Å². The Morgan fingerprint density at radius 1 is 0.340 bits per heavy atom. The van der Waals surface area contributed by atoms with Gasteiger partial charge in [-0.3, -0.25) is 18.6 Å². The van der Waals surface area contributed by atoms with E-state index in [1.54, 1.807) is 0 Å². The number of carbonyl (C=O) groups excluding carboxylic acids is 2. The molecule has 0 aromatic carbocycles. The van der Waals surface area contributed by atoms with Crippen LogP contribution in [0.3, 0.4) is 0 Å². The van der Waals surface area contributed by atoms with Crippen LogP contribution in [0, 0.1) is 0 Å². The number of hydrogen-bond donors (Lipinski definition) is 1. The summed E-state index contributed by atoms with van der Waals surface area (Å²) < 4.78 is 34.9. The van der Waals surface area contributed by atoms with Gasteiger partial charge in [-0.05, 0) is 57.8 Å². The van der Waals surface area contributed by atoms with Crippen molar-refractivity contribution in [3.05, 3.63) is 60.8 Å². The van der Waals surface area contributed by atoms with Gasteiger partial charge in [0.1, 0.15) is 19.8 Å². The minimum absolute atomic E-state index is 0.0348. The lowest BCUT2D eigenvalue weighted by Gasteiger charge is -2.24. The first-order chi connectivity index (χ1) is 46.0. The first-order valence-electron chi connectivity index (χ1n) is 41.0. The third-order valence-corrected chi connectivity index (χ3v) is 19.5. The van der Waals surface area contributed by atoms with E-state index < -0.39 is 26.5 Å². The molecular formula is C84H159NO8P+. The number of hydrogen-bond acceptors (Lipinski definition) is 7.